The Kier molecular flexibility index (Phi) is 9.83. The maximum atomic E-state index is 13.9. The molecule has 0 bridgehead atoms. The van der Waals surface area contributed by atoms with Crippen LogP contribution in [0.1, 0.15) is 43.7 Å². The van der Waals surface area contributed by atoms with Gasteiger partial charge >= 0.3 is 6.18 Å². The summed E-state index contributed by atoms with van der Waals surface area (Å²) in [6, 6.07) is 17.6. The van der Waals surface area contributed by atoms with Gasteiger partial charge in [-0.05, 0) is 55.7 Å². The first-order valence-electron chi connectivity index (χ1n) is 13.5. The van der Waals surface area contributed by atoms with E-state index in [1.165, 1.54) is 29.2 Å². The summed E-state index contributed by atoms with van der Waals surface area (Å²) in [5, 5.41) is 2.35. The molecule has 12 heteroatoms. The first-order valence-corrected chi connectivity index (χ1v) is 15.3. The van der Waals surface area contributed by atoms with Crippen LogP contribution in [-0.4, -0.2) is 43.8 Å². The largest absolute Gasteiger partial charge is 0.417 e. The van der Waals surface area contributed by atoms with E-state index in [0.717, 1.165) is 37.8 Å². The molecule has 3 aromatic carbocycles. The Hall–Kier alpha value is -3.57. The molecule has 1 aliphatic rings. The van der Waals surface area contributed by atoms with Crippen molar-refractivity contribution in [1.82, 2.24) is 10.2 Å². The van der Waals surface area contributed by atoms with Crippen molar-refractivity contribution in [2.45, 2.75) is 62.3 Å². The van der Waals surface area contributed by atoms with Gasteiger partial charge in [-0.15, -0.1) is 0 Å². The van der Waals surface area contributed by atoms with E-state index >= 15 is 0 Å². The van der Waals surface area contributed by atoms with Gasteiger partial charge in [0.2, 0.25) is 11.8 Å². The zero-order chi connectivity index (χ0) is 30.5. The zero-order valence-electron chi connectivity index (χ0n) is 22.9. The molecule has 0 aromatic heterocycles. The average molecular weight is 622 g/mol. The van der Waals surface area contributed by atoms with Crippen LogP contribution in [0, 0.1) is 0 Å². The van der Waals surface area contributed by atoms with Gasteiger partial charge in [0, 0.05) is 12.6 Å². The van der Waals surface area contributed by atoms with E-state index in [1.807, 2.05) is 0 Å². The van der Waals surface area contributed by atoms with Crippen LogP contribution < -0.4 is 9.62 Å². The number of alkyl halides is 3. The molecular formula is C30H31ClF3N3O4S. The van der Waals surface area contributed by atoms with Crippen LogP contribution in [0.5, 0.6) is 0 Å². The van der Waals surface area contributed by atoms with Crippen molar-refractivity contribution < 1.29 is 31.2 Å². The summed E-state index contributed by atoms with van der Waals surface area (Å²) < 4.78 is 69.4. The van der Waals surface area contributed by atoms with Crippen molar-refractivity contribution >= 4 is 39.1 Å². The Labute approximate surface area is 248 Å². The number of hydrogen-bond acceptors (Lipinski definition) is 4. The predicted octanol–water partition coefficient (Wildman–Crippen LogP) is 6.03. The fourth-order valence-corrected chi connectivity index (χ4v) is 6.54. The van der Waals surface area contributed by atoms with Gasteiger partial charge in [-0.1, -0.05) is 73.0 Å². The minimum atomic E-state index is -4.87. The molecule has 0 heterocycles. The minimum Gasteiger partial charge on any atom is -0.352 e. The fourth-order valence-electron chi connectivity index (χ4n) is 4.89. The molecule has 2 amide bonds. The van der Waals surface area contributed by atoms with Crippen LogP contribution in [0.25, 0.3) is 0 Å². The molecule has 1 atom stereocenters. The number of benzene rings is 3. The number of nitrogens with zero attached hydrogens (tertiary/aromatic N) is 2. The standard InChI is InChI=1S/C30H31ClF3N3O4S/c1-21(29(39)35-23-12-8-9-13-23)36(19-22-10-4-2-5-11-22)28(38)20-37(42(40,41)25-14-6-3-7-15-25)24-16-17-27(31)26(18-24)30(32,33)34/h2-7,10-11,14-18,21,23H,8-9,12-13,19-20H2,1H3,(H,35,39)/t21-/m0/s1. The average Bonchev–Trinajstić information content (AvgIpc) is 3.48. The van der Waals surface area contributed by atoms with E-state index in [2.05, 4.69) is 5.32 Å². The van der Waals surface area contributed by atoms with E-state index in [-0.39, 0.29) is 17.5 Å². The van der Waals surface area contributed by atoms with Gasteiger partial charge in [-0.3, -0.25) is 13.9 Å². The first-order chi connectivity index (χ1) is 19.9. The molecule has 1 N–H and O–H groups in total. The zero-order valence-corrected chi connectivity index (χ0v) is 24.4. The van der Waals surface area contributed by atoms with Crippen molar-refractivity contribution in [1.29, 1.82) is 0 Å². The normalized spacial score (nSPS) is 14.8. The number of anilines is 1. The van der Waals surface area contributed by atoms with Crippen LogP contribution in [-0.2, 0) is 32.3 Å². The van der Waals surface area contributed by atoms with Gasteiger partial charge in [0.05, 0.1) is 21.2 Å². The van der Waals surface area contributed by atoms with Gasteiger partial charge in [0.1, 0.15) is 12.6 Å². The second-order valence-corrected chi connectivity index (χ2v) is 12.4. The topological polar surface area (TPSA) is 86.8 Å². The molecule has 1 aliphatic carbocycles. The number of carbonyl (C=O) groups excluding carboxylic acids is 2. The number of rotatable bonds is 10. The molecule has 0 radical (unpaired) electrons. The maximum Gasteiger partial charge on any atom is 0.417 e. The molecule has 0 unspecified atom stereocenters. The summed E-state index contributed by atoms with van der Waals surface area (Å²) in [5.74, 6) is -1.16. The summed E-state index contributed by atoms with van der Waals surface area (Å²) in [4.78, 5) is 28.2. The Bertz CT molecular complexity index is 1500. The van der Waals surface area contributed by atoms with Gasteiger partial charge in [-0.2, -0.15) is 13.2 Å². The van der Waals surface area contributed by atoms with Crippen molar-refractivity contribution in [3.8, 4) is 0 Å². The number of nitrogens with one attached hydrogen (secondary N) is 1. The number of halogens is 4. The molecule has 0 aliphatic heterocycles. The van der Waals surface area contributed by atoms with Gasteiger partial charge in [0.25, 0.3) is 10.0 Å². The molecular weight excluding hydrogens is 591 g/mol. The Morgan fingerprint density at radius 3 is 2.17 bits per heavy atom. The van der Waals surface area contributed by atoms with Gasteiger partial charge in [0.15, 0.2) is 0 Å². The van der Waals surface area contributed by atoms with E-state index in [0.29, 0.717) is 15.9 Å². The summed E-state index contributed by atoms with van der Waals surface area (Å²) in [7, 11) is -4.52. The summed E-state index contributed by atoms with van der Waals surface area (Å²) in [6.45, 7) is 0.668. The van der Waals surface area contributed by atoms with Gasteiger partial charge in [-0.25, -0.2) is 8.42 Å². The summed E-state index contributed by atoms with van der Waals surface area (Å²) in [6.07, 6.45) is -1.25. The van der Waals surface area contributed by atoms with Gasteiger partial charge < -0.3 is 10.2 Å². The molecule has 42 heavy (non-hydrogen) atoms. The lowest BCUT2D eigenvalue weighted by atomic mass is 10.1. The van der Waals surface area contributed by atoms with Crippen molar-refractivity contribution in [3.05, 3.63) is 95.0 Å². The third-order valence-corrected chi connectivity index (χ3v) is 9.34. The lowest BCUT2D eigenvalue weighted by Crippen LogP contribution is -2.52. The lowest BCUT2D eigenvalue weighted by Gasteiger charge is -2.32. The van der Waals surface area contributed by atoms with Crippen LogP contribution in [0.2, 0.25) is 5.02 Å². The second kappa shape index (κ2) is 13.2. The third-order valence-electron chi connectivity index (χ3n) is 7.22. The highest BCUT2D eigenvalue weighted by molar-refractivity contribution is 7.92. The number of amides is 2. The highest BCUT2D eigenvalue weighted by atomic mass is 35.5. The number of sulfonamides is 1. The first kappa shape index (κ1) is 31.4. The molecule has 1 saturated carbocycles. The SMILES string of the molecule is C[C@@H](C(=O)NC1CCCC1)N(Cc1ccccc1)C(=O)CN(c1ccc(Cl)c(C(F)(F)F)c1)S(=O)(=O)c1ccccc1. The molecule has 7 nitrogen and oxygen atoms in total. The van der Waals surface area contributed by atoms with E-state index in [4.69, 9.17) is 11.6 Å². The Morgan fingerprint density at radius 2 is 1.57 bits per heavy atom. The highest BCUT2D eigenvalue weighted by Crippen LogP contribution is 2.38. The molecule has 1 fully saturated rings. The Balaban J connectivity index is 1.73. The maximum absolute atomic E-state index is 13.9. The quantitative estimate of drug-likeness (QED) is 0.300. The third kappa shape index (κ3) is 7.43. The van der Waals surface area contributed by atoms with Crippen LogP contribution >= 0.6 is 11.6 Å². The second-order valence-electron chi connectivity index (χ2n) is 10.2. The molecule has 3 aromatic rings. The van der Waals surface area contributed by atoms with E-state index in [9.17, 15) is 31.2 Å². The van der Waals surface area contributed by atoms with Crippen molar-refractivity contribution in [2.24, 2.45) is 0 Å². The summed E-state index contributed by atoms with van der Waals surface area (Å²) in [5.41, 5.74) is -0.950. The van der Waals surface area contributed by atoms with E-state index < -0.39 is 56.9 Å². The van der Waals surface area contributed by atoms with Crippen LogP contribution in [0.4, 0.5) is 18.9 Å². The smallest absolute Gasteiger partial charge is 0.352 e. The molecule has 0 saturated heterocycles. The molecule has 224 valence electrons. The number of carbonyl (C=O) groups is 2. The summed E-state index contributed by atoms with van der Waals surface area (Å²) >= 11 is 5.80. The highest BCUT2D eigenvalue weighted by Gasteiger charge is 2.37. The number of hydrogen-bond donors (Lipinski definition) is 1. The monoisotopic (exact) mass is 621 g/mol. The molecule has 0 spiro atoms. The Morgan fingerprint density at radius 1 is 0.976 bits per heavy atom. The van der Waals surface area contributed by atoms with Crippen molar-refractivity contribution in [3.63, 3.8) is 0 Å². The minimum absolute atomic E-state index is 0.0153. The predicted molar refractivity (Wildman–Crippen MR) is 154 cm³/mol. The van der Waals surface area contributed by atoms with Crippen molar-refractivity contribution in [2.75, 3.05) is 10.8 Å². The lowest BCUT2D eigenvalue weighted by molar-refractivity contribution is -0.139. The molecule has 4 rings (SSSR count). The van der Waals surface area contributed by atoms with E-state index in [1.54, 1.807) is 43.3 Å². The van der Waals surface area contributed by atoms with Crippen LogP contribution in [0.3, 0.4) is 0 Å². The van der Waals surface area contributed by atoms with Crippen LogP contribution in [0.15, 0.2) is 83.8 Å². The fraction of sp³-hybridized carbons (Fsp3) is 0.333.